The molecule has 2 aromatic rings. The van der Waals surface area contributed by atoms with E-state index in [1.54, 1.807) is 16.8 Å². The van der Waals surface area contributed by atoms with Gasteiger partial charge in [0.15, 0.2) is 0 Å². The van der Waals surface area contributed by atoms with Crippen LogP contribution in [0, 0.1) is 0 Å². The highest BCUT2D eigenvalue weighted by Gasteiger charge is 2.05. The number of aromatic nitrogens is 2. The van der Waals surface area contributed by atoms with E-state index in [0.717, 1.165) is 11.1 Å². The molecular formula is C8H11N5. The fourth-order valence-corrected chi connectivity index (χ4v) is 1.30. The van der Waals surface area contributed by atoms with Crippen molar-refractivity contribution in [1.82, 2.24) is 9.61 Å². The highest BCUT2D eigenvalue weighted by atomic mass is 15.2. The van der Waals surface area contributed by atoms with Crippen molar-refractivity contribution in [3.63, 3.8) is 0 Å². The minimum atomic E-state index is 0.389. The van der Waals surface area contributed by atoms with Gasteiger partial charge in [-0.25, -0.2) is 4.52 Å². The lowest BCUT2D eigenvalue weighted by Crippen LogP contribution is -2.06. The van der Waals surface area contributed by atoms with Crippen molar-refractivity contribution in [2.24, 2.45) is 5.73 Å². The number of nitrogen functional groups attached to an aromatic ring is 2. The van der Waals surface area contributed by atoms with Gasteiger partial charge in [0.25, 0.3) is 0 Å². The second-order valence-corrected chi connectivity index (χ2v) is 2.84. The molecule has 0 saturated carbocycles. The Kier molecular flexibility index (Phi) is 1.60. The molecule has 0 aromatic carbocycles. The summed E-state index contributed by atoms with van der Waals surface area (Å²) in [5.41, 5.74) is 19.3. The molecule has 0 radical (unpaired) electrons. The van der Waals surface area contributed by atoms with Gasteiger partial charge in [-0.05, 0) is 12.1 Å². The smallest absolute Gasteiger partial charge is 0.125 e. The summed E-state index contributed by atoms with van der Waals surface area (Å²) in [7, 11) is 0. The molecule has 0 aliphatic carbocycles. The molecule has 0 aliphatic rings. The van der Waals surface area contributed by atoms with E-state index in [4.69, 9.17) is 17.2 Å². The summed E-state index contributed by atoms with van der Waals surface area (Å²) in [6, 6.07) is 3.59. The number of nitrogens with two attached hydrogens (primary N) is 3. The highest BCUT2D eigenvalue weighted by molar-refractivity contribution is 5.74. The fraction of sp³-hybridized carbons (Fsp3) is 0.125. The number of hydrogen-bond acceptors (Lipinski definition) is 4. The molecule has 68 valence electrons. The minimum Gasteiger partial charge on any atom is -0.397 e. The number of hydrogen-bond donors (Lipinski definition) is 3. The number of nitrogens with zero attached hydrogens (tertiary/aromatic N) is 2. The molecule has 2 aromatic heterocycles. The predicted octanol–water partition coefficient (Wildman–Crippen LogP) is -0.0426. The fourth-order valence-electron chi connectivity index (χ4n) is 1.30. The molecule has 0 saturated heterocycles. The summed E-state index contributed by atoms with van der Waals surface area (Å²) >= 11 is 0. The van der Waals surface area contributed by atoms with Crippen LogP contribution in [0.5, 0.6) is 0 Å². The van der Waals surface area contributed by atoms with Crippen LogP contribution in [0.4, 0.5) is 11.5 Å². The molecule has 13 heavy (non-hydrogen) atoms. The number of fused-ring (bicyclic) bond motifs is 1. The minimum absolute atomic E-state index is 0.389. The summed E-state index contributed by atoms with van der Waals surface area (Å²) in [6.45, 7) is 0.389. The Hall–Kier alpha value is -1.75. The Bertz CT molecular complexity index is 445. The standard InChI is InChI=1S/C8H11N5/c9-3-5-4-12-13-6(8(5)11)1-2-7(13)10/h1-2,4H,3,9-11H2. The highest BCUT2D eigenvalue weighted by Crippen LogP contribution is 2.20. The van der Waals surface area contributed by atoms with E-state index in [1.165, 1.54) is 0 Å². The van der Waals surface area contributed by atoms with Crippen molar-refractivity contribution in [3.8, 4) is 0 Å². The van der Waals surface area contributed by atoms with Crippen molar-refractivity contribution < 1.29 is 0 Å². The van der Waals surface area contributed by atoms with Crippen LogP contribution < -0.4 is 17.2 Å². The van der Waals surface area contributed by atoms with Crippen molar-refractivity contribution in [2.75, 3.05) is 11.5 Å². The maximum absolute atomic E-state index is 5.85. The summed E-state index contributed by atoms with van der Waals surface area (Å²) in [6.07, 6.45) is 1.64. The van der Waals surface area contributed by atoms with Gasteiger partial charge in [-0.2, -0.15) is 5.10 Å². The summed E-state index contributed by atoms with van der Waals surface area (Å²) in [5.74, 6) is 0.574. The maximum atomic E-state index is 5.85. The molecule has 0 aliphatic heterocycles. The van der Waals surface area contributed by atoms with E-state index in [-0.39, 0.29) is 0 Å². The number of anilines is 2. The summed E-state index contributed by atoms with van der Waals surface area (Å²) in [5, 5.41) is 4.10. The van der Waals surface area contributed by atoms with Crippen molar-refractivity contribution in [1.29, 1.82) is 0 Å². The first-order valence-electron chi connectivity index (χ1n) is 3.94. The van der Waals surface area contributed by atoms with Gasteiger partial charge in [-0.3, -0.25) is 0 Å². The van der Waals surface area contributed by atoms with Crippen LogP contribution in [-0.2, 0) is 6.54 Å². The molecule has 2 heterocycles. The largest absolute Gasteiger partial charge is 0.397 e. The van der Waals surface area contributed by atoms with Crippen LogP contribution in [0.2, 0.25) is 0 Å². The molecule has 0 fully saturated rings. The SMILES string of the molecule is NCc1cnn2c(N)ccc2c1N. The topological polar surface area (TPSA) is 95.4 Å². The first kappa shape index (κ1) is 7.88. The van der Waals surface area contributed by atoms with Crippen LogP contribution in [0.25, 0.3) is 5.52 Å². The van der Waals surface area contributed by atoms with Crippen molar-refractivity contribution in [3.05, 3.63) is 23.9 Å². The third-order valence-electron chi connectivity index (χ3n) is 2.06. The molecule has 5 nitrogen and oxygen atoms in total. The number of rotatable bonds is 1. The summed E-state index contributed by atoms with van der Waals surface area (Å²) in [4.78, 5) is 0. The lowest BCUT2D eigenvalue weighted by Gasteiger charge is -2.04. The van der Waals surface area contributed by atoms with E-state index in [2.05, 4.69) is 5.10 Å². The van der Waals surface area contributed by atoms with Crippen molar-refractivity contribution >= 4 is 17.0 Å². The van der Waals surface area contributed by atoms with Crippen LogP contribution in [-0.4, -0.2) is 9.61 Å². The third-order valence-corrected chi connectivity index (χ3v) is 2.06. The normalized spacial score (nSPS) is 10.8. The van der Waals surface area contributed by atoms with Gasteiger partial charge < -0.3 is 17.2 Å². The molecule has 0 spiro atoms. The zero-order chi connectivity index (χ0) is 9.42. The zero-order valence-electron chi connectivity index (χ0n) is 7.07. The van der Waals surface area contributed by atoms with Crippen LogP contribution in [0.3, 0.4) is 0 Å². The lowest BCUT2D eigenvalue weighted by molar-refractivity contribution is 0.923. The van der Waals surface area contributed by atoms with Gasteiger partial charge in [0.2, 0.25) is 0 Å². The Morgan fingerprint density at radius 3 is 2.77 bits per heavy atom. The Labute approximate surface area is 75.1 Å². The van der Waals surface area contributed by atoms with E-state index in [9.17, 15) is 0 Å². The Morgan fingerprint density at radius 1 is 1.31 bits per heavy atom. The molecule has 0 bridgehead atoms. The molecular weight excluding hydrogens is 166 g/mol. The summed E-state index contributed by atoms with van der Waals surface area (Å²) < 4.78 is 1.59. The van der Waals surface area contributed by atoms with Gasteiger partial charge in [0.1, 0.15) is 5.82 Å². The molecule has 5 heteroatoms. The van der Waals surface area contributed by atoms with Gasteiger partial charge in [-0.1, -0.05) is 0 Å². The van der Waals surface area contributed by atoms with E-state index < -0.39 is 0 Å². The van der Waals surface area contributed by atoms with Crippen molar-refractivity contribution in [2.45, 2.75) is 6.54 Å². The van der Waals surface area contributed by atoms with Gasteiger partial charge in [-0.15, -0.1) is 0 Å². The second kappa shape index (κ2) is 2.63. The third kappa shape index (κ3) is 1.01. The predicted molar refractivity (Wildman–Crippen MR) is 51.9 cm³/mol. The average Bonchev–Trinajstić information content (AvgIpc) is 2.50. The quantitative estimate of drug-likeness (QED) is 0.569. The lowest BCUT2D eigenvalue weighted by atomic mass is 10.2. The first-order chi connectivity index (χ1) is 6.24. The monoisotopic (exact) mass is 177 g/mol. The molecule has 6 N–H and O–H groups in total. The second-order valence-electron chi connectivity index (χ2n) is 2.84. The zero-order valence-corrected chi connectivity index (χ0v) is 7.07. The Balaban J connectivity index is 2.80. The van der Waals surface area contributed by atoms with E-state index in [1.807, 2.05) is 6.07 Å². The average molecular weight is 177 g/mol. The first-order valence-corrected chi connectivity index (χ1v) is 3.94. The van der Waals surface area contributed by atoms with Gasteiger partial charge in [0.05, 0.1) is 17.4 Å². The van der Waals surface area contributed by atoms with Crippen LogP contribution in [0.15, 0.2) is 18.3 Å². The van der Waals surface area contributed by atoms with Gasteiger partial charge >= 0.3 is 0 Å². The van der Waals surface area contributed by atoms with E-state index in [0.29, 0.717) is 18.1 Å². The Morgan fingerprint density at radius 2 is 2.08 bits per heavy atom. The van der Waals surface area contributed by atoms with Gasteiger partial charge in [0, 0.05) is 12.1 Å². The molecule has 0 amide bonds. The van der Waals surface area contributed by atoms with Crippen LogP contribution >= 0.6 is 0 Å². The maximum Gasteiger partial charge on any atom is 0.125 e. The molecule has 0 atom stereocenters. The van der Waals surface area contributed by atoms with E-state index >= 15 is 0 Å². The molecule has 2 rings (SSSR count). The van der Waals surface area contributed by atoms with Crippen LogP contribution in [0.1, 0.15) is 5.56 Å². The molecule has 0 unspecified atom stereocenters.